The van der Waals surface area contributed by atoms with Crippen LogP contribution in [0.1, 0.15) is 39.2 Å². The molecule has 1 aromatic carbocycles. The summed E-state index contributed by atoms with van der Waals surface area (Å²) in [6.07, 6.45) is 1.54. The zero-order chi connectivity index (χ0) is 18.6. The van der Waals surface area contributed by atoms with Crippen LogP contribution in [0.4, 0.5) is 0 Å². The Morgan fingerprint density at radius 2 is 1.92 bits per heavy atom. The fraction of sp³-hybridized carbons (Fsp3) is 0.650. The predicted molar refractivity (Wildman–Crippen MR) is 100 cm³/mol. The largest absolute Gasteiger partial charge is 0.493 e. The van der Waals surface area contributed by atoms with E-state index >= 15 is 0 Å². The van der Waals surface area contributed by atoms with Gasteiger partial charge in [0.25, 0.3) is 0 Å². The third-order valence-electron chi connectivity index (χ3n) is 5.39. The fourth-order valence-electron chi connectivity index (χ4n) is 3.72. The van der Waals surface area contributed by atoms with Crippen molar-refractivity contribution in [3.63, 3.8) is 0 Å². The van der Waals surface area contributed by atoms with Crippen molar-refractivity contribution >= 4 is 5.91 Å². The Balaban J connectivity index is 2.25. The molecular formula is C20H32N2O3. The van der Waals surface area contributed by atoms with Gasteiger partial charge in [-0.15, -0.1) is 0 Å². The molecule has 2 rings (SSSR count). The molecule has 0 N–H and O–H groups in total. The van der Waals surface area contributed by atoms with Gasteiger partial charge in [0, 0.05) is 31.6 Å². The van der Waals surface area contributed by atoms with Gasteiger partial charge >= 0.3 is 0 Å². The lowest BCUT2D eigenvalue weighted by atomic mass is 9.88. The molecule has 140 valence electrons. The van der Waals surface area contributed by atoms with E-state index in [4.69, 9.17) is 9.47 Å². The number of hydrogen-bond donors (Lipinski definition) is 0. The number of carbonyl (C=O) groups excluding carboxylic acids is 1. The highest BCUT2D eigenvalue weighted by molar-refractivity contribution is 5.76. The smallest absolute Gasteiger partial charge is 0.222 e. The lowest BCUT2D eigenvalue weighted by molar-refractivity contribution is -0.136. The summed E-state index contributed by atoms with van der Waals surface area (Å²) in [7, 11) is 5.43. The molecule has 5 heteroatoms. The average Bonchev–Trinajstić information content (AvgIpc) is 2.62. The van der Waals surface area contributed by atoms with Gasteiger partial charge in [0.1, 0.15) is 0 Å². The highest BCUT2D eigenvalue weighted by Crippen LogP contribution is 2.31. The van der Waals surface area contributed by atoms with Gasteiger partial charge < -0.3 is 19.3 Å². The van der Waals surface area contributed by atoms with Crippen LogP contribution in [0.25, 0.3) is 0 Å². The van der Waals surface area contributed by atoms with Crippen LogP contribution in [0.3, 0.4) is 0 Å². The molecule has 0 unspecified atom stereocenters. The Kier molecular flexibility index (Phi) is 6.71. The van der Waals surface area contributed by atoms with Gasteiger partial charge in [0.15, 0.2) is 11.5 Å². The highest BCUT2D eigenvalue weighted by Gasteiger charge is 2.34. The maximum absolute atomic E-state index is 12.7. The summed E-state index contributed by atoms with van der Waals surface area (Å²) in [5.74, 6) is 2.08. The second-order valence-electron chi connectivity index (χ2n) is 7.13. The van der Waals surface area contributed by atoms with E-state index in [0.29, 0.717) is 36.4 Å². The molecule has 1 aliphatic heterocycles. The highest BCUT2D eigenvalue weighted by atomic mass is 16.5. The lowest BCUT2D eigenvalue weighted by Crippen LogP contribution is -2.53. The molecule has 1 heterocycles. The number of benzene rings is 1. The van der Waals surface area contributed by atoms with Crippen LogP contribution in [-0.2, 0) is 11.3 Å². The van der Waals surface area contributed by atoms with E-state index in [1.807, 2.05) is 25.1 Å². The van der Waals surface area contributed by atoms with Crippen molar-refractivity contribution in [3.05, 3.63) is 23.8 Å². The molecule has 1 aliphatic rings. The van der Waals surface area contributed by atoms with Gasteiger partial charge in [-0.2, -0.15) is 0 Å². The number of likely N-dealkylation sites (tertiary alicyclic amines) is 1. The summed E-state index contributed by atoms with van der Waals surface area (Å²) in [6.45, 7) is 8.05. The maximum Gasteiger partial charge on any atom is 0.222 e. The molecule has 3 atom stereocenters. The van der Waals surface area contributed by atoms with Crippen molar-refractivity contribution in [1.29, 1.82) is 0 Å². The second-order valence-corrected chi connectivity index (χ2v) is 7.13. The van der Waals surface area contributed by atoms with Gasteiger partial charge in [-0.1, -0.05) is 19.9 Å². The minimum Gasteiger partial charge on any atom is -0.493 e. The first kappa shape index (κ1) is 19.6. The molecule has 5 nitrogen and oxygen atoms in total. The number of hydrogen-bond acceptors (Lipinski definition) is 4. The molecule has 1 fully saturated rings. The number of amides is 1. The SMILES string of the molecule is CCC(=O)N(Cc1ccc(OC)c(OC)c1)[C@@H]1C[C@H](C)N(C)C[C@H]1C. The second kappa shape index (κ2) is 8.56. The predicted octanol–water partition coefficient (Wildman–Crippen LogP) is 3.17. The molecule has 0 saturated carbocycles. The fourth-order valence-corrected chi connectivity index (χ4v) is 3.72. The minimum absolute atomic E-state index is 0.211. The third-order valence-corrected chi connectivity index (χ3v) is 5.39. The normalized spacial score (nSPS) is 24.0. The summed E-state index contributed by atoms with van der Waals surface area (Å²) < 4.78 is 10.7. The molecule has 0 bridgehead atoms. The monoisotopic (exact) mass is 348 g/mol. The van der Waals surface area contributed by atoms with Crippen LogP contribution in [0.15, 0.2) is 18.2 Å². The van der Waals surface area contributed by atoms with Crippen molar-refractivity contribution in [2.45, 2.75) is 52.2 Å². The van der Waals surface area contributed by atoms with Gasteiger partial charge in [0.2, 0.25) is 5.91 Å². The van der Waals surface area contributed by atoms with Crippen molar-refractivity contribution in [2.24, 2.45) is 5.92 Å². The molecule has 1 amide bonds. The first-order valence-corrected chi connectivity index (χ1v) is 9.11. The standard InChI is InChI=1S/C20H32N2O3/c1-7-20(23)22(17-10-15(3)21(4)12-14(17)2)13-16-8-9-18(24-5)19(11-16)25-6/h8-9,11,14-15,17H,7,10,12-13H2,1-6H3/t14-,15+,17-/m1/s1. The van der Waals surface area contributed by atoms with Crippen LogP contribution in [0.2, 0.25) is 0 Å². The Bertz CT molecular complexity index is 590. The summed E-state index contributed by atoms with van der Waals surface area (Å²) in [6, 6.07) is 6.65. The molecule has 1 saturated heterocycles. The quantitative estimate of drug-likeness (QED) is 0.792. The van der Waals surface area contributed by atoms with Crippen molar-refractivity contribution in [1.82, 2.24) is 9.80 Å². The van der Waals surface area contributed by atoms with Crippen LogP contribution in [0, 0.1) is 5.92 Å². The Labute approximate surface area is 151 Å². The van der Waals surface area contributed by atoms with E-state index in [1.165, 1.54) is 0 Å². The van der Waals surface area contributed by atoms with Crippen molar-refractivity contribution in [3.8, 4) is 11.5 Å². The molecule has 0 radical (unpaired) electrons. The zero-order valence-corrected chi connectivity index (χ0v) is 16.4. The van der Waals surface area contributed by atoms with E-state index in [-0.39, 0.29) is 11.9 Å². The number of carbonyl (C=O) groups is 1. The number of piperidine rings is 1. The summed E-state index contributed by atoms with van der Waals surface area (Å²) in [5, 5.41) is 0. The Hall–Kier alpha value is -1.75. The van der Waals surface area contributed by atoms with Gasteiger partial charge in [-0.3, -0.25) is 4.79 Å². The Morgan fingerprint density at radius 1 is 1.24 bits per heavy atom. The van der Waals surface area contributed by atoms with Gasteiger partial charge in [0.05, 0.1) is 14.2 Å². The molecular weight excluding hydrogens is 316 g/mol. The number of ether oxygens (including phenoxy) is 2. The van der Waals surface area contributed by atoms with Crippen LogP contribution >= 0.6 is 0 Å². The minimum atomic E-state index is 0.211. The molecule has 0 aliphatic carbocycles. The molecule has 0 aromatic heterocycles. The number of rotatable bonds is 6. The maximum atomic E-state index is 12.7. The van der Waals surface area contributed by atoms with E-state index in [0.717, 1.165) is 18.5 Å². The molecule has 1 aromatic rings. The first-order chi connectivity index (χ1) is 11.9. The summed E-state index contributed by atoms with van der Waals surface area (Å²) in [5.41, 5.74) is 1.07. The number of nitrogens with zero attached hydrogens (tertiary/aromatic N) is 2. The van der Waals surface area contributed by atoms with Gasteiger partial charge in [-0.05, 0) is 44.0 Å². The van der Waals surface area contributed by atoms with Crippen molar-refractivity contribution in [2.75, 3.05) is 27.8 Å². The van der Waals surface area contributed by atoms with Gasteiger partial charge in [-0.25, -0.2) is 0 Å². The van der Waals surface area contributed by atoms with E-state index in [1.54, 1.807) is 14.2 Å². The zero-order valence-electron chi connectivity index (χ0n) is 16.4. The van der Waals surface area contributed by atoms with Crippen LogP contribution in [0.5, 0.6) is 11.5 Å². The molecule has 25 heavy (non-hydrogen) atoms. The summed E-state index contributed by atoms with van der Waals surface area (Å²) in [4.78, 5) is 17.1. The summed E-state index contributed by atoms with van der Waals surface area (Å²) >= 11 is 0. The Morgan fingerprint density at radius 3 is 2.52 bits per heavy atom. The topological polar surface area (TPSA) is 42.0 Å². The molecule has 0 spiro atoms. The van der Waals surface area contributed by atoms with E-state index < -0.39 is 0 Å². The van der Waals surface area contributed by atoms with Crippen molar-refractivity contribution < 1.29 is 14.3 Å². The van der Waals surface area contributed by atoms with E-state index in [9.17, 15) is 4.79 Å². The average molecular weight is 348 g/mol. The lowest BCUT2D eigenvalue weighted by Gasteiger charge is -2.45. The third kappa shape index (κ3) is 4.46. The number of methoxy groups -OCH3 is 2. The van der Waals surface area contributed by atoms with Crippen LogP contribution in [-0.4, -0.2) is 55.6 Å². The van der Waals surface area contributed by atoms with E-state index in [2.05, 4.69) is 30.7 Å². The first-order valence-electron chi connectivity index (χ1n) is 9.11. The van der Waals surface area contributed by atoms with Crippen LogP contribution < -0.4 is 9.47 Å².